The molecule has 1 saturated heterocycles. The van der Waals surface area contributed by atoms with Gasteiger partial charge in [-0.3, -0.25) is 4.79 Å². The maximum Gasteiger partial charge on any atom is 0.319 e. The minimum Gasteiger partial charge on any atom is -0.361 e. The van der Waals surface area contributed by atoms with E-state index in [0.717, 1.165) is 36.2 Å². The second-order valence-electron chi connectivity index (χ2n) is 7.11. The second-order valence-corrected chi connectivity index (χ2v) is 7.11. The zero-order valence-corrected chi connectivity index (χ0v) is 15.7. The van der Waals surface area contributed by atoms with Gasteiger partial charge in [-0.05, 0) is 42.2 Å². The number of para-hydroxylation sites is 1. The number of benzene rings is 2. The molecule has 0 saturated carbocycles. The van der Waals surface area contributed by atoms with Crippen LogP contribution in [0.3, 0.4) is 0 Å². The number of nitrogens with zero attached hydrogens (tertiary/aromatic N) is 1. The van der Waals surface area contributed by atoms with E-state index in [1.54, 1.807) is 0 Å². The van der Waals surface area contributed by atoms with Crippen LogP contribution < -0.4 is 10.6 Å². The number of carbonyl (C=O) groups is 2. The first kappa shape index (κ1) is 18.1. The molecule has 4 rings (SSSR count). The maximum atomic E-state index is 12.2. The lowest BCUT2D eigenvalue weighted by Crippen LogP contribution is -2.30. The first-order valence-electron chi connectivity index (χ1n) is 9.65. The third kappa shape index (κ3) is 4.17. The number of aromatic nitrogens is 1. The first-order chi connectivity index (χ1) is 13.7. The Balaban J connectivity index is 1.29. The number of H-pyrrole nitrogens is 1. The number of amides is 3. The Morgan fingerprint density at radius 3 is 2.89 bits per heavy atom. The van der Waals surface area contributed by atoms with Gasteiger partial charge in [0.25, 0.3) is 0 Å². The lowest BCUT2D eigenvalue weighted by molar-refractivity contribution is -0.128. The highest BCUT2D eigenvalue weighted by Crippen LogP contribution is 2.18. The van der Waals surface area contributed by atoms with Crippen LogP contribution >= 0.6 is 0 Å². The molecule has 1 fully saturated rings. The zero-order valence-electron chi connectivity index (χ0n) is 15.7. The van der Waals surface area contributed by atoms with Crippen molar-refractivity contribution in [2.45, 2.75) is 25.8 Å². The Kier molecular flexibility index (Phi) is 5.28. The van der Waals surface area contributed by atoms with Gasteiger partial charge in [-0.15, -0.1) is 0 Å². The quantitative estimate of drug-likeness (QED) is 0.614. The molecule has 0 radical (unpaired) electrons. The number of hydrogen-bond donors (Lipinski definition) is 3. The predicted octanol–water partition coefficient (Wildman–Crippen LogP) is 3.65. The third-order valence-electron chi connectivity index (χ3n) is 5.08. The van der Waals surface area contributed by atoms with Gasteiger partial charge >= 0.3 is 6.03 Å². The van der Waals surface area contributed by atoms with E-state index in [0.29, 0.717) is 19.5 Å². The number of nitrogens with one attached hydrogen (secondary N) is 3. The van der Waals surface area contributed by atoms with Gasteiger partial charge in [0.15, 0.2) is 0 Å². The summed E-state index contributed by atoms with van der Waals surface area (Å²) < 4.78 is 0. The van der Waals surface area contributed by atoms with Crippen LogP contribution in [0.4, 0.5) is 10.5 Å². The number of likely N-dealkylation sites (tertiary alicyclic amines) is 1. The smallest absolute Gasteiger partial charge is 0.319 e. The van der Waals surface area contributed by atoms with Crippen LogP contribution in [-0.2, 0) is 17.8 Å². The second kappa shape index (κ2) is 8.17. The van der Waals surface area contributed by atoms with Crippen LogP contribution in [0, 0.1) is 0 Å². The van der Waals surface area contributed by atoms with Gasteiger partial charge in [0, 0.05) is 48.8 Å². The molecule has 0 atom stereocenters. The van der Waals surface area contributed by atoms with Gasteiger partial charge in [-0.1, -0.05) is 30.3 Å². The summed E-state index contributed by atoms with van der Waals surface area (Å²) in [5, 5.41) is 6.97. The van der Waals surface area contributed by atoms with Gasteiger partial charge in [-0.2, -0.15) is 0 Å². The normalized spacial score (nSPS) is 13.9. The Bertz CT molecular complexity index is 995. The summed E-state index contributed by atoms with van der Waals surface area (Å²) >= 11 is 0. The van der Waals surface area contributed by atoms with Crippen LogP contribution in [0.1, 0.15) is 24.0 Å². The number of carbonyl (C=O) groups excluding carboxylic acids is 2. The summed E-state index contributed by atoms with van der Waals surface area (Å²) in [6.07, 6.45) is 4.31. The van der Waals surface area contributed by atoms with Crippen molar-refractivity contribution in [1.29, 1.82) is 0 Å². The monoisotopic (exact) mass is 376 g/mol. The number of rotatable bonds is 6. The minimum absolute atomic E-state index is 0.202. The Hall–Kier alpha value is -3.28. The molecule has 3 N–H and O–H groups in total. The predicted molar refractivity (Wildman–Crippen MR) is 110 cm³/mol. The van der Waals surface area contributed by atoms with E-state index in [1.165, 1.54) is 10.9 Å². The molecule has 144 valence electrons. The van der Waals surface area contributed by atoms with Crippen molar-refractivity contribution in [1.82, 2.24) is 15.2 Å². The Morgan fingerprint density at radius 2 is 2.04 bits per heavy atom. The molecule has 1 aliphatic heterocycles. The molecule has 1 aromatic heterocycles. The molecule has 0 bridgehead atoms. The summed E-state index contributed by atoms with van der Waals surface area (Å²) in [6.45, 7) is 1.96. The highest BCUT2D eigenvalue weighted by molar-refractivity contribution is 5.89. The average Bonchev–Trinajstić information content (AvgIpc) is 3.29. The molecule has 0 spiro atoms. The molecule has 3 amide bonds. The van der Waals surface area contributed by atoms with Crippen molar-refractivity contribution in [3.05, 3.63) is 65.9 Å². The van der Waals surface area contributed by atoms with Crippen LogP contribution in [0.5, 0.6) is 0 Å². The summed E-state index contributed by atoms with van der Waals surface area (Å²) in [7, 11) is 0. The third-order valence-corrected chi connectivity index (χ3v) is 5.08. The fourth-order valence-electron chi connectivity index (χ4n) is 3.66. The number of fused-ring (bicyclic) bond motifs is 1. The van der Waals surface area contributed by atoms with E-state index in [2.05, 4.69) is 21.7 Å². The molecule has 2 heterocycles. The molecule has 1 aliphatic rings. The number of hydrogen-bond acceptors (Lipinski definition) is 2. The van der Waals surface area contributed by atoms with Crippen molar-refractivity contribution in [3.8, 4) is 0 Å². The van der Waals surface area contributed by atoms with E-state index < -0.39 is 0 Å². The van der Waals surface area contributed by atoms with Crippen molar-refractivity contribution in [3.63, 3.8) is 0 Å². The highest BCUT2D eigenvalue weighted by Gasteiger charge is 2.20. The molecule has 6 heteroatoms. The number of anilines is 1. The fraction of sp³-hybridized carbons (Fsp3) is 0.273. The molecule has 0 aliphatic carbocycles. The average molecular weight is 376 g/mol. The molecule has 0 unspecified atom stereocenters. The first-order valence-corrected chi connectivity index (χ1v) is 9.65. The fourth-order valence-corrected chi connectivity index (χ4v) is 3.66. The van der Waals surface area contributed by atoms with E-state index in [9.17, 15) is 9.59 Å². The molecule has 2 aromatic carbocycles. The van der Waals surface area contributed by atoms with Gasteiger partial charge in [0.2, 0.25) is 5.91 Å². The molecule has 28 heavy (non-hydrogen) atoms. The number of aromatic amines is 1. The Morgan fingerprint density at radius 1 is 1.14 bits per heavy atom. The highest BCUT2D eigenvalue weighted by atomic mass is 16.2. The maximum absolute atomic E-state index is 12.2. The van der Waals surface area contributed by atoms with Crippen molar-refractivity contribution in [2.24, 2.45) is 0 Å². The van der Waals surface area contributed by atoms with Crippen LogP contribution in [0.25, 0.3) is 10.9 Å². The summed E-state index contributed by atoms with van der Waals surface area (Å²) in [4.78, 5) is 29.1. The van der Waals surface area contributed by atoms with Crippen LogP contribution in [-0.4, -0.2) is 34.9 Å². The van der Waals surface area contributed by atoms with Gasteiger partial charge in [0.1, 0.15) is 0 Å². The number of urea groups is 1. The van der Waals surface area contributed by atoms with E-state index >= 15 is 0 Å². The van der Waals surface area contributed by atoms with Crippen molar-refractivity contribution < 1.29 is 9.59 Å². The molecular weight excluding hydrogens is 352 g/mol. The van der Waals surface area contributed by atoms with E-state index in [1.807, 2.05) is 53.6 Å². The lowest BCUT2D eigenvalue weighted by atomic mass is 10.1. The lowest BCUT2D eigenvalue weighted by Gasteiger charge is -2.16. The van der Waals surface area contributed by atoms with Gasteiger partial charge < -0.3 is 20.5 Å². The van der Waals surface area contributed by atoms with Crippen molar-refractivity contribution in [2.75, 3.05) is 18.4 Å². The SMILES string of the molecule is O=C(NCCc1c[nH]c2ccccc12)Nc1cccc(CN2CCCC2=O)c1. The van der Waals surface area contributed by atoms with Crippen LogP contribution in [0.2, 0.25) is 0 Å². The summed E-state index contributed by atoms with van der Waals surface area (Å²) in [6, 6.07) is 15.6. The van der Waals surface area contributed by atoms with Gasteiger partial charge in [0.05, 0.1) is 0 Å². The Labute approximate surface area is 163 Å². The largest absolute Gasteiger partial charge is 0.361 e. The van der Waals surface area contributed by atoms with Crippen molar-refractivity contribution >= 4 is 28.5 Å². The van der Waals surface area contributed by atoms with E-state index in [-0.39, 0.29) is 11.9 Å². The zero-order chi connectivity index (χ0) is 19.3. The van der Waals surface area contributed by atoms with Crippen LogP contribution in [0.15, 0.2) is 54.7 Å². The topological polar surface area (TPSA) is 77.2 Å². The standard InChI is InChI=1S/C22H24N4O2/c27-21-9-4-12-26(21)15-16-5-3-6-18(13-16)25-22(28)23-11-10-17-14-24-20-8-2-1-7-19(17)20/h1-3,5-8,13-14,24H,4,9-12,15H2,(H2,23,25,28). The molecule has 6 nitrogen and oxygen atoms in total. The molecular formula is C22H24N4O2. The van der Waals surface area contributed by atoms with Gasteiger partial charge in [-0.25, -0.2) is 4.79 Å². The summed E-state index contributed by atoms with van der Waals surface area (Å²) in [5.74, 6) is 0.202. The summed E-state index contributed by atoms with van der Waals surface area (Å²) in [5.41, 5.74) is 4.05. The minimum atomic E-state index is -0.228. The van der Waals surface area contributed by atoms with E-state index in [4.69, 9.17) is 0 Å². The molecule has 3 aromatic rings.